The van der Waals surface area contributed by atoms with Gasteiger partial charge in [-0.2, -0.15) is 13.8 Å². The Labute approximate surface area is 213 Å². The van der Waals surface area contributed by atoms with Crippen molar-refractivity contribution >= 4 is 0 Å². The predicted octanol–water partition coefficient (Wildman–Crippen LogP) is 4.77. The zero-order valence-electron chi connectivity index (χ0n) is 20.9. The lowest BCUT2D eigenvalue weighted by Gasteiger charge is -2.13. The number of pyridine rings is 1. The van der Waals surface area contributed by atoms with Crippen LogP contribution in [0, 0.1) is 6.92 Å². The van der Waals surface area contributed by atoms with Gasteiger partial charge in [0.1, 0.15) is 11.6 Å². The number of benzene rings is 1. The molecule has 1 aliphatic rings. The lowest BCUT2D eigenvalue weighted by molar-refractivity contribution is -0.158. The molecule has 0 atom stereocenters. The third kappa shape index (κ3) is 6.53. The Morgan fingerprint density at radius 1 is 1.05 bits per heavy atom. The highest BCUT2D eigenvalue weighted by atomic mass is 19.3. The summed E-state index contributed by atoms with van der Waals surface area (Å²) in [4.78, 5) is 15.9. The molecule has 0 N–H and O–H groups in total. The van der Waals surface area contributed by atoms with Crippen LogP contribution in [-0.2, 0) is 13.0 Å². The van der Waals surface area contributed by atoms with Gasteiger partial charge in [-0.05, 0) is 94.2 Å². The van der Waals surface area contributed by atoms with Gasteiger partial charge in [0, 0.05) is 24.4 Å². The molecular formula is C26H29F2N7O2. The molecule has 1 aromatic carbocycles. The van der Waals surface area contributed by atoms with Crippen molar-refractivity contribution in [1.29, 1.82) is 0 Å². The third-order valence-corrected chi connectivity index (χ3v) is 6.20. The Balaban J connectivity index is 1.23. The highest BCUT2D eigenvalue weighted by Crippen LogP contribution is 2.25. The van der Waals surface area contributed by atoms with Crippen molar-refractivity contribution in [3.05, 3.63) is 59.7 Å². The number of halogens is 2. The number of aromatic nitrogens is 6. The maximum Gasteiger partial charge on any atom is 0.394 e. The lowest BCUT2D eigenvalue weighted by Crippen LogP contribution is -2.20. The maximum atomic E-state index is 13.0. The highest BCUT2D eigenvalue weighted by Gasteiger charge is 2.23. The monoisotopic (exact) mass is 509 g/mol. The lowest BCUT2D eigenvalue weighted by atomic mass is 10.1. The van der Waals surface area contributed by atoms with Gasteiger partial charge in [0.05, 0.1) is 6.54 Å². The van der Waals surface area contributed by atoms with Crippen LogP contribution in [0.5, 0.6) is 5.75 Å². The molecule has 0 amide bonds. The SMILES string of the molecule is Cc1nc(-c2nc(-c3ccc(OC(C)(F)F)cc3)no2)nn1Cc1ccnc(CCCN2CCCC2)c1. The van der Waals surface area contributed by atoms with E-state index in [1.807, 2.05) is 19.2 Å². The predicted molar refractivity (Wildman–Crippen MR) is 132 cm³/mol. The van der Waals surface area contributed by atoms with Crippen LogP contribution in [0.15, 0.2) is 47.1 Å². The Kier molecular flexibility index (Phi) is 7.22. The van der Waals surface area contributed by atoms with E-state index in [4.69, 9.17) is 4.52 Å². The molecule has 0 radical (unpaired) electrons. The summed E-state index contributed by atoms with van der Waals surface area (Å²) >= 11 is 0. The van der Waals surface area contributed by atoms with E-state index in [0.717, 1.165) is 30.6 Å². The summed E-state index contributed by atoms with van der Waals surface area (Å²) in [5.41, 5.74) is 2.76. The fraction of sp³-hybridized carbons (Fsp3) is 0.423. The Morgan fingerprint density at radius 3 is 2.59 bits per heavy atom. The summed E-state index contributed by atoms with van der Waals surface area (Å²) in [6, 6.07) is 10.1. The molecule has 0 saturated carbocycles. The van der Waals surface area contributed by atoms with Crippen LogP contribution in [0.2, 0.25) is 0 Å². The van der Waals surface area contributed by atoms with Crippen molar-refractivity contribution in [2.24, 2.45) is 0 Å². The summed E-state index contributed by atoms with van der Waals surface area (Å²) in [7, 11) is 0. The van der Waals surface area contributed by atoms with E-state index in [1.54, 1.807) is 16.8 Å². The first kappa shape index (κ1) is 24.9. The van der Waals surface area contributed by atoms with Crippen LogP contribution < -0.4 is 4.74 Å². The zero-order valence-corrected chi connectivity index (χ0v) is 20.9. The topological polar surface area (TPSA) is 95.0 Å². The molecule has 4 heterocycles. The summed E-state index contributed by atoms with van der Waals surface area (Å²) < 4.78 is 37.8. The van der Waals surface area contributed by atoms with Crippen molar-refractivity contribution in [2.45, 2.75) is 52.2 Å². The second-order valence-electron chi connectivity index (χ2n) is 9.31. The molecule has 0 unspecified atom stereocenters. The Morgan fingerprint density at radius 2 is 1.84 bits per heavy atom. The molecule has 1 saturated heterocycles. The summed E-state index contributed by atoms with van der Waals surface area (Å²) in [5, 5.41) is 8.54. The van der Waals surface area contributed by atoms with Gasteiger partial charge < -0.3 is 14.2 Å². The number of aryl methyl sites for hydroxylation is 2. The molecule has 5 rings (SSSR count). The molecular weight excluding hydrogens is 480 g/mol. The highest BCUT2D eigenvalue weighted by molar-refractivity contribution is 5.57. The van der Waals surface area contributed by atoms with Crippen molar-refractivity contribution in [3.8, 4) is 28.9 Å². The minimum Gasteiger partial charge on any atom is -0.433 e. The van der Waals surface area contributed by atoms with Crippen molar-refractivity contribution in [1.82, 2.24) is 34.8 Å². The van der Waals surface area contributed by atoms with E-state index in [1.165, 1.54) is 38.1 Å². The molecule has 0 bridgehead atoms. The molecule has 194 valence electrons. The summed E-state index contributed by atoms with van der Waals surface area (Å²) in [6.07, 6.45) is 3.25. The van der Waals surface area contributed by atoms with Crippen molar-refractivity contribution in [2.75, 3.05) is 19.6 Å². The van der Waals surface area contributed by atoms with Crippen LogP contribution in [0.1, 0.15) is 43.3 Å². The molecule has 0 aliphatic carbocycles. The van der Waals surface area contributed by atoms with Gasteiger partial charge in [0.2, 0.25) is 11.6 Å². The molecule has 1 fully saturated rings. The average Bonchev–Trinajstić information content (AvgIpc) is 3.61. The molecule has 11 heteroatoms. The van der Waals surface area contributed by atoms with E-state index in [9.17, 15) is 8.78 Å². The Hall–Kier alpha value is -3.73. The van der Waals surface area contributed by atoms with E-state index in [-0.39, 0.29) is 11.6 Å². The first-order valence-corrected chi connectivity index (χ1v) is 12.4. The number of alkyl halides is 2. The third-order valence-electron chi connectivity index (χ3n) is 6.20. The summed E-state index contributed by atoms with van der Waals surface area (Å²) in [5.74, 6) is 1.55. The van der Waals surface area contributed by atoms with Gasteiger partial charge in [0.25, 0.3) is 5.89 Å². The van der Waals surface area contributed by atoms with E-state index >= 15 is 0 Å². The second kappa shape index (κ2) is 10.7. The van der Waals surface area contributed by atoms with Crippen LogP contribution in [0.4, 0.5) is 8.78 Å². The van der Waals surface area contributed by atoms with Crippen molar-refractivity contribution < 1.29 is 18.0 Å². The smallest absolute Gasteiger partial charge is 0.394 e. The minimum atomic E-state index is -3.26. The minimum absolute atomic E-state index is 0.0434. The number of rotatable bonds is 10. The maximum absolute atomic E-state index is 13.0. The Bertz CT molecular complexity index is 1330. The molecule has 0 spiro atoms. The number of ether oxygens (including phenoxy) is 1. The standard InChI is InChI=1S/C26H29F2N7O2/c1-18-30-24(25-31-23(33-37-25)20-7-9-22(10-8-20)36-26(2,27)28)32-35(18)17-19-11-12-29-21(16-19)6-5-15-34-13-3-4-14-34/h7-12,16H,3-6,13-15,17H2,1-2H3. The van der Waals surface area contributed by atoms with Gasteiger partial charge in [-0.1, -0.05) is 5.16 Å². The molecule has 4 aromatic rings. The van der Waals surface area contributed by atoms with Gasteiger partial charge in [-0.25, -0.2) is 9.67 Å². The zero-order chi connectivity index (χ0) is 25.8. The van der Waals surface area contributed by atoms with Gasteiger partial charge >= 0.3 is 6.11 Å². The first-order valence-electron chi connectivity index (χ1n) is 12.4. The van der Waals surface area contributed by atoms with Crippen molar-refractivity contribution in [3.63, 3.8) is 0 Å². The van der Waals surface area contributed by atoms with E-state index in [2.05, 4.69) is 40.9 Å². The fourth-order valence-electron chi connectivity index (χ4n) is 4.40. The van der Waals surface area contributed by atoms with Gasteiger partial charge in [-0.3, -0.25) is 4.98 Å². The van der Waals surface area contributed by atoms with E-state index in [0.29, 0.717) is 36.5 Å². The fourth-order valence-corrected chi connectivity index (χ4v) is 4.40. The van der Waals surface area contributed by atoms with Crippen LogP contribution in [0.25, 0.3) is 23.1 Å². The van der Waals surface area contributed by atoms with Crippen LogP contribution >= 0.6 is 0 Å². The molecule has 1 aliphatic heterocycles. The quantitative estimate of drug-likeness (QED) is 0.302. The molecule has 9 nitrogen and oxygen atoms in total. The van der Waals surface area contributed by atoms with Gasteiger partial charge in [0.15, 0.2) is 0 Å². The second-order valence-corrected chi connectivity index (χ2v) is 9.31. The van der Waals surface area contributed by atoms with Crippen LogP contribution in [-0.4, -0.2) is 60.5 Å². The van der Waals surface area contributed by atoms with E-state index < -0.39 is 6.11 Å². The van der Waals surface area contributed by atoms with Crippen LogP contribution in [0.3, 0.4) is 0 Å². The number of hydrogen-bond donors (Lipinski definition) is 0. The molecule has 37 heavy (non-hydrogen) atoms. The number of hydrogen-bond acceptors (Lipinski definition) is 8. The first-order chi connectivity index (χ1) is 17.8. The average molecular weight is 510 g/mol. The number of nitrogens with zero attached hydrogens (tertiary/aromatic N) is 7. The molecule has 3 aromatic heterocycles. The van der Waals surface area contributed by atoms with Gasteiger partial charge in [-0.15, -0.1) is 5.10 Å². The normalized spacial score (nSPS) is 14.4. The largest absolute Gasteiger partial charge is 0.433 e. The number of likely N-dealkylation sites (tertiary alicyclic amines) is 1. The summed E-state index contributed by atoms with van der Waals surface area (Å²) in [6.45, 7) is 6.65.